The van der Waals surface area contributed by atoms with Crippen LogP contribution in [0.5, 0.6) is 5.75 Å². The first-order valence-corrected chi connectivity index (χ1v) is 8.80. The van der Waals surface area contributed by atoms with Crippen molar-refractivity contribution < 1.29 is 28.4 Å². The molecule has 0 aliphatic carbocycles. The topological polar surface area (TPSA) is 140 Å². The van der Waals surface area contributed by atoms with Crippen LogP contribution in [0.25, 0.3) is 0 Å². The molecule has 11 heteroatoms. The molecule has 0 saturated carbocycles. The second-order valence-corrected chi connectivity index (χ2v) is 6.04. The van der Waals surface area contributed by atoms with E-state index in [4.69, 9.17) is 4.74 Å². The van der Waals surface area contributed by atoms with Crippen LogP contribution in [0, 0.1) is 15.9 Å². The Labute approximate surface area is 170 Å². The molecule has 0 bridgehead atoms. The van der Waals surface area contributed by atoms with E-state index in [1.54, 1.807) is 6.07 Å². The molecule has 30 heavy (non-hydrogen) atoms. The van der Waals surface area contributed by atoms with Gasteiger partial charge in [0, 0.05) is 30.7 Å². The van der Waals surface area contributed by atoms with Gasteiger partial charge in [-0.15, -0.1) is 0 Å². The van der Waals surface area contributed by atoms with Gasteiger partial charge in [0.15, 0.2) is 17.7 Å². The molecule has 2 rings (SSSR count). The summed E-state index contributed by atoms with van der Waals surface area (Å²) >= 11 is 0. The average Bonchev–Trinajstić information content (AvgIpc) is 2.73. The van der Waals surface area contributed by atoms with Crippen molar-refractivity contribution in [2.45, 2.75) is 19.4 Å². The van der Waals surface area contributed by atoms with E-state index in [9.17, 15) is 28.9 Å². The summed E-state index contributed by atoms with van der Waals surface area (Å²) in [7, 11) is 0. The van der Waals surface area contributed by atoms with E-state index >= 15 is 0 Å². The van der Waals surface area contributed by atoms with Gasteiger partial charge in [0.05, 0.1) is 4.92 Å². The van der Waals surface area contributed by atoms with Gasteiger partial charge in [-0.25, -0.2) is 4.39 Å². The number of benzene rings is 2. The Morgan fingerprint density at radius 3 is 2.40 bits per heavy atom. The zero-order valence-electron chi connectivity index (χ0n) is 15.9. The lowest BCUT2D eigenvalue weighted by molar-refractivity contribution is -0.384. The summed E-state index contributed by atoms with van der Waals surface area (Å²) in [6.45, 7) is 1.36. The Kier molecular flexibility index (Phi) is 7.80. The first kappa shape index (κ1) is 22.3. The van der Waals surface area contributed by atoms with Crippen molar-refractivity contribution in [3.05, 3.63) is 70.0 Å². The van der Waals surface area contributed by atoms with Gasteiger partial charge in [-0.2, -0.15) is 0 Å². The van der Waals surface area contributed by atoms with Gasteiger partial charge in [-0.1, -0.05) is 12.1 Å². The van der Waals surface area contributed by atoms with Crippen LogP contribution < -0.4 is 20.9 Å². The maximum atomic E-state index is 13.5. The lowest BCUT2D eigenvalue weighted by Crippen LogP contribution is -2.47. The number of nitrogens with zero attached hydrogens (tertiary/aromatic N) is 1. The molecule has 0 saturated heterocycles. The van der Waals surface area contributed by atoms with Crippen molar-refractivity contribution in [2.24, 2.45) is 0 Å². The number of halogens is 1. The number of non-ortho nitro benzene ring substituents is 1. The molecule has 3 amide bonds. The zero-order chi connectivity index (χ0) is 22.1. The minimum absolute atomic E-state index is 0.0290. The van der Waals surface area contributed by atoms with Crippen molar-refractivity contribution in [1.29, 1.82) is 0 Å². The number of carbonyl (C=O) groups excluding carboxylic acids is 3. The van der Waals surface area contributed by atoms with Crippen molar-refractivity contribution >= 4 is 23.4 Å². The molecule has 2 aromatic carbocycles. The monoisotopic (exact) mass is 418 g/mol. The molecule has 0 heterocycles. The molecule has 0 aliphatic heterocycles. The summed E-state index contributed by atoms with van der Waals surface area (Å²) in [6.07, 6.45) is -1.20. The third-order valence-corrected chi connectivity index (χ3v) is 3.81. The predicted octanol–water partition coefficient (Wildman–Crippen LogP) is 1.47. The van der Waals surface area contributed by atoms with Crippen LogP contribution in [0.4, 0.5) is 10.1 Å². The van der Waals surface area contributed by atoms with Gasteiger partial charge in [-0.05, 0) is 31.2 Å². The van der Waals surface area contributed by atoms with E-state index in [-0.39, 0.29) is 30.0 Å². The Bertz CT molecular complexity index is 935. The Morgan fingerprint density at radius 2 is 1.77 bits per heavy atom. The van der Waals surface area contributed by atoms with Crippen LogP contribution in [0.3, 0.4) is 0 Å². The predicted molar refractivity (Wildman–Crippen MR) is 103 cm³/mol. The van der Waals surface area contributed by atoms with Gasteiger partial charge in [0.2, 0.25) is 5.91 Å². The normalized spacial score (nSPS) is 11.1. The molecule has 0 fully saturated rings. The first-order valence-electron chi connectivity index (χ1n) is 8.80. The highest BCUT2D eigenvalue weighted by molar-refractivity contribution is 5.94. The zero-order valence-corrected chi connectivity index (χ0v) is 15.9. The number of hydrogen-bond acceptors (Lipinski definition) is 6. The molecule has 3 N–H and O–H groups in total. The van der Waals surface area contributed by atoms with E-state index in [1.807, 2.05) is 0 Å². The third-order valence-electron chi connectivity index (χ3n) is 3.81. The molecule has 0 radical (unpaired) electrons. The summed E-state index contributed by atoms with van der Waals surface area (Å²) in [5.41, 5.74) is 4.36. The number of hydrogen-bond donors (Lipinski definition) is 3. The second kappa shape index (κ2) is 10.5. The molecule has 1 atom stereocenters. The lowest BCUT2D eigenvalue weighted by atomic mass is 10.2. The Balaban J connectivity index is 1.70. The maximum absolute atomic E-state index is 13.5. The SMILES string of the molecule is C[C@H](Oc1ccccc1F)C(=O)NNC(=O)CCNC(=O)c1ccc([N+](=O)[O-])cc1. The van der Waals surface area contributed by atoms with Gasteiger partial charge < -0.3 is 10.1 Å². The van der Waals surface area contributed by atoms with Crippen molar-refractivity contribution in [3.8, 4) is 5.75 Å². The molecule has 2 aromatic rings. The molecular formula is C19H19FN4O6. The fraction of sp³-hybridized carbons (Fsp3) is 0.211. The van der Waals surface area contributed by atoms with Crippen LogP contribution in [-0.4, -0.2) is 35.3 Å². The summed E-state index contributed by atoms with van der Waals surface area (Å²) in [5, 5.41) is 13.1. The number of para-hydroxylation sites is 1. The summed E-state index contributed by atoms with van der Waals surface area (Å²) in [5.74, 6) is -2.49. The Hall–Kier alpha value is -4.02. The van der Waals surface area contributed by atoms with Gasteiger partial charge >= 0.3 is 0 Å². The van der Waals surface area contributed by atoms with E-state index in [2.05, 4.69) is 16.2 Å². The third kappa shape index (κ3) is 6.55. The van der Waals surface area contributed by atoms with Gasteiger partial charge in [0.25, 0.3) is 17.5 Å². The van der Waals surface area contributed by atoms with Gasteiger partial charge in [0.1, 0.15) is 0 Å². The second-order valence-electron chi connectivity index (χ2n) is 6.04. The van der Waals surface area contributed by atoms with Crippen LogP contribution in [-0.2, 0) is 9.59 Å². The van der Waals surface area contributed by atoms with Crippen LogP contribution >= 0.6 is 0 Å². The number of nitro benzene ring substituents is 1. The smallest absolute Gasteiger partial charge is 0.279 e. The number of hydrazine groups is 1. The quantitative estimate of drug-likeness (QED) is 0.438. The van der Waals surface area contributed by atoms with Crippen LogP contribution in [0.2, 0.25) is 0 Å². The van der Waals surface area contributed by atoms with Gasteiger partial charge in [-0.3, -0.25) is 35.3 Å². The maximum Gasteiger partial charge on any atom is 0.279 e. The highest BCUT2D eigenvalue weighted by Crippen LogP contribution is 2.16. The minimum Gasteiger partial charge on any atom is -0.478 e. The standard InChI is InChI=1S/C19H19FN4O6/c1-12(30-16-5-3-2-4-15(16)20)18(26)23-22-17(25)10-11-21-19(27)13-6-8-14(9-7-13)24(28)29/h2-9,12H,10-11H2,1H3,(H,21,27)(H,22,25)(H,23,26)/t12-/m0/s1. The minimum atomic E-state index is -1.07. The summed E-state index contributed by atoms with van der Waals surface area (Å²) in [6, 6.07) is 10.6. The van der Waals surface area contributed by atoms with Crippen molar-refractivity contribution in [1.82, 2.24) is 16.2 Å². The van der Waals surface area contributed by atoms with Crippen molar-refractivity contribution in [3.63, 3.8) is 0 Å². The van der Waals surface area contributed by atoms with Crippen LogP contribution in [0.15, 0.2) is 48.5 Å². The largest absolute Gasteiger partial charge is 0.478 e. The molecule has 0 unspecified atom stereocenters. The van der Waals surface area contributed by atoms with E-state index < -0.39 is 34.6 Å². The highest BCUT2D eigenvalue weighted by Gasteiger charge is 2.17. The molecular weight excluding hydrogens is 399 g/mol. The van der Waals surface area contributed by atoms with E-state index in [1.165, 1.54) is 49.4 Å². The number of nitrogens with one attached hydrogen (secondary N) is 3. The fourth-order valence-corrected chi connectivity index (χ4v) is 2.21. The van der Waals surface area contributed by atoms with Crippen molar-refractivity contribution in [2.75, 3.05) is 6.54 Å². The number of amides is 3. The molecule has 0 spiro atoms. The fourth-order valence-electron chi connectivity index (χ4n) is 2.21. The summed E-state index contributed by atoms with van der Waals surface area (Å²) < 4.78 is 18.7. The average molecular weight is 418 g/mol. The van der Waals surface area contributed by atoms with E-state index in [0.29, 0.717) is 0 Å². The number of carbonyl (C=O) groups is 3. The first-order chi connectivity index (χ1) is 14.3. The highest BCUT2D eigenvalue weighted by atomic mass is 19.1. The summed E-state index contributed by atoms with van der Waals surface area (Å²) in [4.78, 5) is 45.6. The molecule has 158 valence electrons. The van der Waals surface area contributed by atoms with Crippen LogP contribution in [0.1, 0.15) is 23.7 Å². The number of ether oxygens (including phenoxy) is 1. The van der Waals surface area contributed by atoms with E-state index in [0.717, 1.165) is 0 Å². The Morgan fingerprint density at radius 1 is 1.10 bits per heavy atom. The number of nitro groups is 1. The molecule has 0 aliphatic rings. The number of rotatable bonds is 8. The lowest BCUT2D eigenvalue weighted by Gasteiger charge is -2.15. The molecule has 10 nitrogen and oxygen atoms in total. The molecule has 0 aromatic heterocycles.